The number of ether oxygens (including phenoxy) is 1. The van der Waals surface area contributed by atoms with Crippen LogP contribution in [0.25, 0.3) is 0 Å². The molecule has 0 saturated carbocycles. The van der Waals surface area contributed by atoms with E-state index in [2.05, 4.69) is 64.8 Å². The second-order valence-corrected chi connectivity index (χ2v) is 6.85. The normalized spacial score (nSPS) is 13.9. The first-order valence-corrected chi connectivity index (χ1v) is 8.62. The molecular weight excluding hydrogens is 300 g/mol. The first-order valence-electron chi connectivity index (χ1n) is 8.62. The van der Waals surface area contributed by atoms with E-state index in [-0.39, 0.29) is 5.60 Å². The molecule has 0 aliphatic carbocycles. The van der Waals surface area contributed by atoms with Crippen molar-refractivity contribution in [2.24, 2.45) is 4.99 Å². The molecule has 0 aliphatic rings. The summed E-state index contributed by atoms with van der Waals surface area (Å²) in [6, 6.07) is 11.1. The van der Waals surface area contributed by atoms with Crippen LogP contribution in [0.3, 0.4) is 0 Å². The van der Waals surface area contributed by atoms with Crippen molar-refractivity contribution in [3.05, 3.63) is 35.9 Å². The van der Waals surface area contributed by atoms with Gasteiger partial charge in [-0.2, -0.15) is 0 Å². The van der Waals surface area contributed by atoms with Gasteiger partial charge in [0.1, 0.15) is 0 Å². The minimum Gasteiger partial charge on any atom is -0.377 e. The van der Waals surface area contributed by atoms with Crippen molar-refractivity contribution in [2.45, 2.75) is 45.4 Å². The Morgan fingerprint density at radius 3 is 2.50 bits per heavy atom. The number of methoxy groups -OCH3 is 1. The van der Waals surface area contributed by atoms with E-state index < -0.39 is 0 Å². The Morgan fingerprint density at radius 1 is 1.25 bits per heavy atom. The molecule has 0 heterocycles. The number of guanidine groups is 1. The van der Waals surface area contributed by atoms with E-state index in [9.17, 15) is 0 Å². The minimum absolute atomic E-state index is 0.208. The number of nitrogens with one attached hydrogen (secondary N) is 2. The van der Waals surface area contributed by atoms with Crippen molar-refractivity contribution in [2.75, 3.05) is 34.3 Å². The maximum Gasteiger partial charge on any atom is 0.191 e. The molecule has 136 valence electrons. The highest BCUT2D eigenvalue weighted by molar-refractivity contribution is 5.79. The zero-order valence-corrected chi connectivity index (χ0v) is 16.1. The van der Waals surface area contributed by atoms with Crippen molar-refractivity contribution in [3.8, 4) is 0 Å². The molecule has 5 heteroatoms. The summed E-state index contributed by atoms with van der Waals surface area (Å²) >= 11 is 0. The van der Waals surface area contributed by atoms with E-state index in [0.717, 1.165) is 25.5 Å². The van der Waals surface area contributed by atoms with Gasteiger partial charge in [0.05, 0.1) is 5.60 Å². The Bertz CT molecular complexity index is 487. The molecule has 1 atom stereocenters. The molecule has 0 fully saturated rings. The lowest BCUT2D eigenvalue weighted by atomic mass is 10.1. The SMILES string of the molecule is CN=C(NCCC(C)N(C)Cc1ccccc1)NCC(C)(C)OC. The van der Waals surface area contributed by atoms with Gasteiger partial charge in [-0.05, 0) is 39.8 Å². The van der Waals surface area contributed by atoms with Crippen LogP contribution in [-0.2, 0) is 11.3 Å². The molecular formula is C19H34N4O. The molecule has 5 nitrogen and oxygen atoms in total. The van der Waals surface area contributed by atoms with Gasteiger partial charge in [-0.3, -0.25) is 9.89 Å². The fourth-order valence-corrected chi connectivity index (χ4v) is 2.24. The van der Waals surface area contributed by atoms with Crippen molar-refractivity contribution in [3.63, 3.8) is 0 Å². The van der Waals surface area contributed by atoms with Gasteiger partial charge in [-0.25, -0.2) is 0 Å². The van der Waals surface area contributed by atoms with E-state index in [1.165, 1.54) is 5.56 Å². The average Bonchev–Trinajstić information content (AvgIpc) is 2.58. The van der Waals surface area contributed by atoms with Crippen LogP contribution >= 0.6 is 0 Å². The number of benzene rings is 1. The third-order valence-corrected chi connectivity index (χ3v) is 4.34. The average molecular weight is 335 g/mol. The molecule has 0 aromatic heterocycles. The predicted molar refractivity (Wildman–Crippen MR) is 102 cm³/mol. The number of rotatable bonds is 9. The maximum atomic E-state index is 5.41. The van der Waals surface area contributed by atoms with Crippen molar-refractivity contribution < 1.29 is 4.74 Å². The summed E-state index contributed by atoms with van der Waals surface area (Å²) in [5.74, 6) is 0.818. The quantitative estimate of drug-likeness (QED) is 0.538. The smallest absolute Gasteiger partial charge is 0.191 e. The summed E-state index contributed by atoms with van der Waals surface area (Å²) in [6.45, 7) is 8.92. The van der Waals surface area contributed by atoms with Crippen LogP contribution in [0.5, 0.6) is 0 Å². The zero-order valence-electron chi connectivity index (χ0n) is 16.1. The van der Waals surface area contributed by atoms with Crippen LogP contribution in [0.15, 0.2) is 35.3 Å². The van der Waals surface area contributed by atoms with Gasteiger partial charge in [0.25, 0.3) is 0 Å². The third-order valence-electron chi connectivity index (χ3n) is 4.34. The molecule has 1 aromatic carbocycles. The van der Waals surface area contributed by atoms with Crippen LogP contribution in [0, 0.1) is 0 Å². The van der Waals surface area contributed by atoms with Crippen LogP contribution in [-0.4, -0.2) is 56.8 Å². The van der Waals surface area contributed by atoms with E-state index >= 15 is 0 Å². The number of hydrogen-bond donors (Lipinski definition) is 2. The van der Waals surface area contributed by atoms with Gasteiger partial charge in [-0.15, -0.1) is 0 Å². The van der Waals surface area contributed by atoms with Gasteiger partial charge in [-0.1, -0.05) is 30.3 Å². The number of nitrogens with zero attached hydrogens (tertiary/aromatic N) is 2. The molecule has 0 saturated heterocycles. The first-order chi connectivity index (χ1) is 11.4. The highest BCUT2D eigenvalue weighted by Gasteiger charge is 2.16. The molecule has 1 aromatic rings. The topological polar surface area (TPSA) is 48.9 Å². The van der Waals surface area contributed by atoms with Crippen LogP contribution in [0.2, 0.25) is 0 Å². The fourth-order valence-electron chi connectivity index (χ4n) is 2.24. The van der Waals surface area contributed by atoms with E-state index in [4.69, 9.17) is 4.74 Å². The highest BCUT2D eigenvalue weighted by atomic mass is 16.5. The number of hydrogen-bond acceptors (Lipinski definition) is 3. The third kappa shape index (κ3) is 7.79. The molecule has 0 spiro atoms. The van der Waals surface area contributed by atoms with Crippen molar-refractivity contribution in [1.82, 2.24) is 15.5 Å². The van der Waals surface area contributed by atoms with Gasteiger partial charge in [0.15, 0.2) is 5.96 Å². The fraction of sp³-hybridized carbons (Fsp3) is 0.632. The monoisotopic (exact) mass is 334 g/mol. The van der Waals surface area contributed by atoms with Gasteiger partial charge in [0, 0.05) is 39.8 Å². The first kappa shape index (κ1) is 20.5. The predicted octanol–water partition coefficient (Wildman–Crippen LogP) is 2.49. The lowest BCUT2D eigenvalue weighted by molar-refractivity contribution is 0.0268. The molecule has 1 rings (SSSR count). The lowest BCUT2D eigenvalue weighted by Gasteiger charge is -2.26. The summed E-state index contributed by atoms with van der Waals surface area (Å²) in [5, 5.41) is 6.68. The van der Waals surface area contributed by atoms with E-state index in [1.807, 2.05) is 13.8 Å². The molecule has 0 radical (unpaired) electrons. The molecule has 0 amide bonds. The number of aliphatic imine (C=N–C) groups is 1. The molecule has 0 bridgehead atoms. The van der Waals surface area contributed by atoms with E-state index in [1.54, 1.807) is 14.2 Å². The summed E-state index contributed by atoms with van der Waals surface area (Å²) in [7, 11) is 5.69. The van der Waals surface area contributed by atoms with Crippen molar-refractivity contribution >= 4 is 5.96 Å². The van der Waals surface area contributed by atoms with E-state index in [0.29, 0.717) is 12.6 Å². The summed E-state index contributed by atoms with van der Waals surface area (Å²) < 4.78 is 5.41. The Kier molecular flexibility index (Phi) is 8.79. The molecule has 1 unspecified atom stereocenters. The Morgan fingerprint density at radius 2 is 1.92 bits per heavy atom. The summed E-state index contributed by atoms with van der Waals surface area (Å²) in [6.07, 6.45) is 1.05. The Labute approximate surface area is 147 Å². The highest BCUT2D eigenvalue weighted by Crippen LogP contribution is 2.08. The van der Waals surface area contributed by atoms with Gasteiger partial charge >= 0.3 is 0 Å². The van der Waals surface area contributed by atoms with Crippen molar-refractivity contribution in [1.29, 1.82) is 0 Å². The van der Waals surface area contributed by atoms with Crippen LogP contribution in [0.1, 0.15) is 32.8 Å². The zero-order chi connectivity index (χ0) is 18.0. The standard InChI is InChI=1S/C19H34N4O/c1-16(23(5)14-17-10-8-7-9-11-17)12-13-21-18(20-4)22-15-19(2,3)24-6/h7-11,16H,12-15H2,1-6H3,(H2,20,21,22). The van der Waals surface area contributed by atoms with Crippen LogP contribution < -0.4 is 10.6 Å². The summed E-state index contributed by atoms with van der Waals surface area (Å²) in [5.41, 5.74) is 1.14. The summed E-state index contributed by atoms with van der Waals surface area (Å²) in [4.78, 5) is 6.64. The van der Waals surface area contributed by atoms with Gasteiger partial charge < -0.3 is 15.4 Å². The van der Waals surface area contributed by atoms with Gasteiger partial charge in [0.2, 0.25) is 0 Å². The minimum atomic E-state index is -0.208. The second kappa shape index (κ2) is 10.3. The molecule has 2 N–H and O–H groups in total. The largest absolute Gasteiger partial charge is 0.377 e. The Balaban J connectivity index is 2.31. The van der Waals surface area contributed by atoms with Crippen LogP contribution in [0.4, 0.5) is 0 Å². The molecule has 0 aliphatic heterocycles. The maximum absolute atomic E-state index is 5.41. The molecule has 24 heavy (non-hydrogen) atoms. The lowest BCUT2D eigenvalue weighted by Crippen LogP contribution is -2.46. The Hall–Kier alpha value is -1.59. The second-order valence-electron chi connectivity index (χ2n) is 6.85.